The van der Waals surface area contributed by atoms with Crippen molar-refractivity contribution in [1.29, 1.82) is 0 Å². The summed E-state index contributed by atoms with van der Waals surface area (Å²) in [5.74, 6) is 0.602. The quantitative estimate of drug-likeness (QED) is 0.628. The van der Waals surface area contributed by atoms with Gasteiger partial charge < -0.3 is 4.90 Å². The topological polar surface area (TPSA) is 3.24 Å². The Hall–Kier alpha value is -0.460. The van der Waals surface area contributed by atoms with E-state index in [0.717, 1.165) is 0 Å². The summed E-state index contributed by atoms with van der Waals surface area (Å²) in [6.45, 7) is 17.6. The Labute approximate surface area is 83.8 Å². The van der Waals surface area contributed by atoms with Crippen LogP contribution in [-0.4, -0.2) is 17.0 Å². The molecule has 0 spiro atoms. The molecule has 0 aliphatic carbocycles. The second-order valence-corrected chi connectivity index (χ2v) is 4.40. The molecular formula is C12H25N. The van der Waals surface area contributed by atoms with Crippen molar-refractivity contribution in [2.45, 2.75) is 60.0 Å². The molecule has 0 aliphatic rings. The van der Waals surface area contributed by atoms with E-state index in [0.29, 0.717) is 18.0 Å². The molecule has 0 saturated carbocycles. The van der Waals surface area contributed by atoms with Crippen LogP contribution in [-0.2, 0) is 0 Å². The Morgan fingerprint density at radius 2 is 1.46 bits per heavy atom. The molecule has 0 amide bonds. The summed E-state index contributed by atoms with van der Waals surface area (Å²) in [5, 5.41) is 0. The summed E-state index contributed by atoms with van der Waals surface area (Å²) in [7, 11) is 0. The van der Waals surface area contributed by atoms with Crippen LogP contribution in [0.2, 0.25) is 0 Å². The normalized spacial score (nSPS) is 13.5. The Morgan fingerprint density at radius 3 is 1.69 bits per heavy atom. The van der Waals surface area contributed by atoms with Crippen molar-refractivity contribution in [2.75, 3.05) is 0 Å². The average molecular weight is 183 g/mol. The molecule has 0 rings (SSSR count). The van der Waals surface area contributed by atoms with E-state index in [4.69, 9.17) is 0 Å². The van der Waals surface area contributed by atoms with Crippen LogP contribution in [0.1, 0.15) is 48.0 Å². The average Bonchev–Trinajstić information content (AvgIpc) is 2.01. The number of hydrogen-bond acceptors (Lipinski definition) is 1. The van der Waals surface area contributed by atoms with Gasteiger partial charge in [-0.2, -0.15) is 0 Å². The molecule has 1 heteroatoms. The fourth-order valence-electron chi connectivity index (χ4n) is 1.75. The van der Waals surface area contributed by atoms with Crippen molar-refractivity contribution >= 4 is 0 Å². The van der Waals surface area contributed by atoms with Crippen molar-refractivity contribution in [3.8, 4) is 0 Å². The van der Waals surface area contributed by atoms with Crippen LogP contribution in [0.5, 0.6) is 0 Å². The molecule has 0 fully saturated rings. The molecule has 0 aromatic carbocycles. The lowest BCUT2D eigenvalue weighted by molar-refractivity contribution is 0.207. The van der Waals surface area contributed by atoms with E-state index in [1.807, 2.05) is 0 Å². The second-order valence-electron chi connectivity index (χ2n) is 4.40. The van der Waals surface area contributed by atoms with E-state index in [9.17, 15) is 0 Å². The van der Waals surface area contributed by atoms with E-state index in [-0.39, 0.29) is 0 Å². The molecule has 0 saturated heterocycles. The Bertz CT molecular complexity index is 151. The molecule has 0 bridgehead atoms. The predicted molar refractivity (Wildman–Crippen MR) is 60.7 cm³/mol. The first kappa shape index (κ1) is 12.5. The zero-order chi connectivity index (χ0) is 10.6. The predicted octanol–water partition coefficient (Wildman–Crippen LogP) is 3.67. The van der Waals surface area contributed by atoms with E-state index in [1.54, 1.807) is 0 Å². The minimum Gasteiger partial charge on any atom is -0.370 e. The highest BCUT2D eigenvalue weighted by molar-refractivity contribution is 5.00. The van der Waals surface area contributed by atoms with Crippen LogP contribution < -0.4 is 0 Å². The van der Waals surface area contributed by atoms with Gasteiger partial charge in [-0.25, -0.2) is 0 Å². The van der Waals surface area contributed by atoms with Gasteiger partial charge in [0.05, 0.1) is 0 Å². The van der Waals surface area contributed by atoms with Crippen molar-refractivity contribution in [2.24, 2.45) is 5.92 Å². The molecule has 78 valence electrons. The first-order valence-corrected chi connectivity index (χ1v) is 5.38. The van der Waals surface area contributed by atoms with Crippen LogP contribution in [0.4, 0.5) is 0 Å². The minimum absolute atomic E-state index is 0.557. The van der Waals surface area contributed by atoms with Gasteiger partial charge in [-0.15, -0.1) is 0 Å². The molecule has 0 heterocycles. The van der Waals surface area contributed by atoms with Gasteiger partial charge in [0.25, 0.3) is 0 Å². The standard InChI is InChI=1S/C12H25N/c1-8-11(6)12(7)13(9(2)3)10(4)5/h9-11H,7-8H2,1-6H3. The lowest BCUT2D eigenvalue weighted by Crippen LogP contribution is -2.37. The number of rotatable bonds is 5. The molecule has 1 unspecified atom stereocenters. The highest BCUT2D eigenvalue weighted by Crippen LogP contribution is 2.21. The van der Waals surface area contributed by atoms with Crippen LogP contribution in [0.15, 0.2) is 12.3 Å². The van der Waals surface area contributed by atoms with Gasteiger partial charge in [-0.1, -0.05) is 20.4 Å². The second kappa shape index (κ2) is 5.31. The third-order valence-corrected chi connectivity index (χ3v) is 2.63. The van der Waals surface area contributed by atoms with E-state index >= 15 is 0 Å². The Morgan fingerprint density at radius 1 is 1.08 bits per heavy atom. The smallest absolute Gasteiger partial charge is 0.0233 e. The highest BCUT2D eigenvalue weighted by atomic mass is 15.2. The summed E-state index contributed by atoms with van der Waals surface area (Å²) in [4.78, 5) is 2.41. The summed E-state index contributed by atoms with van der Waals surface area (Å²) in [6.07, 6.45) is 1.18. The van der Waals surface area contributed by atoms with E-state index < -0.39 is 0 Å². The van der Waals surface area contributed by atoms with Gasteiger partial charge >= 0.3 is 0 Å². The summed E-state index contributed by atoms with van der Waals surface area (Å²) < 4.78 is 0. The lowest BCUT2D eigenvalue weighted by Gasteiger charge is -2.37. The molecule has 1 nitrogen and oxygen atoms in total. The number of allylic oxidation sites excluding steroid dienone is 1. The zero-order valence-corrected chi connectivity index (χ0v) is 10.1. The van der Waals surface area contributed by atoms with Gasteiger partial charge in [0, 0.05) is 17.8 Å². The van der Waals surface area contributed by atoms with Gasteiger partial charge in [0.1, 0.15) is 0 Å². The molecule has 0 aromatic heterocycles. The van der Waals surface area contributed by atoms with Crippen molar-refractivity contribution in [1.82, 2.24) is 4.90 Å². The monoisotopic (exact) mass is 183 g/mol. The minimum atomic E-state index is 0.557. The number of nitrogens with zero attached hydrogens (tertiary/aromatic N) is 1. The molecule has 0 N–H and O–H groups in total. The summed E-state index contributed by atoms with van der Waals surface area (Å²) in [6, 6.07) is 1.11. The molecule has 0 aliphatic heterocycles. The molecular weight excluding hydrogens is 158 g/mol. The van der Waals surface area contributed by atoms with Crippen molar-refractivity contribution in [3.63, 3.8) is 0 Å². The first-order valence-electron chi connectivity index (χ1n) is 5.38. The number of hydrogen-bond donors (Lipinski definition) is 0. The molecule has 1 atom stereocenters. The SMILES string of the molecule is C=C(C(C)CC)N(C(C)C)C(C)C. The van der Waals surface area contributed by atoms with Gasteiger partial charge in [-0.05, 0) is 40.0 Å². The molecule has 13 heavy (non-hydrogen) atoms. The molecule has 0 aromatic rings. The van der Waals surface area contributed by atoms with Gasteiger partial charge in [-0.3, -0.25) is 0 Å². The van der Waals surface area contributed by atoms with Crippen LogP contribution in [0.25, 0.3) is 0 Å². The Balaban J connectivity index is 4.46. The third kappa shape index (κ3) is 3.41. The summed E-state index contributed by atoms with van der Waals surface area (Å²) >= 11 is 0. The maximum absolute atomic E-state index is 4.19. The molecule has 0 radical (unpaired) electrons. The maximum atomic E-state index is 4.19. The fourth-order valence-corrected chi connectivity index (χ4v) is 1.75. The van der Waals surface area contributed by atoms with Crippen molar-refractivity contribution < 1.29 is 0 Å². The first-order chi connectivity index (χ1) is 5.91. The van der Waals surface area contributed by atoms with Gasteiger partial charge in [0.15, 0.2) is 0 Å². The van der Waals surface area contributed by atoms with Crippen LogP contribution >= 0.6 is 0 Å². The zero-order valence-electron chi connectivity index (χ0n) is 10.1. The van der Waals surface area contributed by atoms with Crippen LogP contribution in [0.3, 0.4) is 0 Å². The van der Waals surface area contributed by atoms with E-state index in [2.05, 4.69) is 53.0 Å². The van der Waals surface area contributed by atoms with Crippen LogP contribution in [0, 0.1) is 5.92 Å². The fraction of sp³-hybridized carbons (Fsp3) is 0.833. The summed E-state index contributed by atoms with van der Waals surface area (Å²) in [5.41, 5.74) is 1.28. The van der Waals surface area contributed by atoms with E-state index in [1.165, 1.54) is 12.1 Å². The maximum Gasteiger partial charge on any atom is 0.0233 e. The van der Waals surface area contributed by atoms with Gasteiger partial charge in [0.2, 0.25) is 0 Å². The van der Waals surface area contributed by atoms with Crippen molar-refractivity contribution in [3.05, 3.63) is 12.3 Å². The lowest BCUT2D eigenvalue weighted by atomic mass is 10.0. The Kier molecular flexibility index (Phi) is 5.12. The highest BCUT2D eigenvalue weighted by Gasteiger charge is 2.18. The largest absolute Gasteiger partial charge is 0.370 e. The third-order valence-electron chi connectivity index (χ3n) is 2.63.